The number of aliphatic hydroxyl groups is 1. The fourth-order valence-electron chi connectivity index (χ4n) is 3.06. The molecule has 7 nitrogen and oxygen atoms in total. The first-order valence-corrected chi connectivity index (χ1v) is 7.75. The molecule has 1 aliphatic heterocycles. The van der Waals surface area contributed by atoms with E-state index in [2.05, 4.69) is 9.97 Å². The van der Waals surface area contributed by atoms with Gasteiger partial charge in [-0.1, -0.05) is 12.1 Å². The number of carbonyl (C=O) groups is 2. The van der Waals surface area contributed by atoms with Gasteiger partial charge in [0.1, 0.15) is 17.5 Å². The fourth-order valence-corrected chi connectivity index (χ4v) is 3.06. The Bertz CT molecular complexity index is 960. The lowest BCUT2D eigenvalue weighted by Crippen LogP contribution is -2.33. The molecule has 1 unspecified atom stereocenters. The summed E-state index contributed by atoms with van der Waals surface area (Å²) in [7, 11) is 1.55. The van der Waals surface area contributed by atoms with Gasteiger partial charge >= 0.3 is 0 Å². The van der Waals surface area contributed by atoms with Gasteiger partial charge in [0.15, 0.2) is 0 Å². The minimum absolute atomic E-state index is 0.137. The van der Waals surface area contributed by atoms with Crippen LogP contribution >= 0.6 is 0 Å². The molecule has 0 aliphatic carbocycles. The van der Waals surface area contributed by atoms with E-state index in [4.69, 9.17) is 4.74 Å². The standard InChI is InChI=1S/C18H15N3O4/c1-25-15-6-7-19-16-12(15)8-13(20-16)14(22)9-21-17(23)10-4-2-3-5-11(10)18(21)24/h2-8,14,22H,9H2,1H3,(H,19,20). The third-order valence-electron chi connectivity index (χ3n) is 4.33. The van der Waals surface area contributed by atoms with Crippen molar-refractivity contribution in [1.82, 2.24) is 14.9 Å². The molecular weight excluding hydrogens is 322 g/mol. The van der Waals surface area contributed by atoms with E-state index in [0.29, 0.717) is 28.2 Å². The van der Waals surface area contributed by atoms with Crippen LogP contribution in [-0.2, 0) is 0 Å². The molecule has 0 radical (unpaired) electrons. The fraction of sp³-hybridized carbons (Fsp3) is 0.167. The molecule has 3 aromatic rings. The van der Waals surface area contributed by atoms with E-state index in [9.17, 15) is 14.7 Å². The van der Waals surface area contributed by atoms with Crippen LogP contribution in [0.4, 0.5) is 0 Å². The predicted octanol–water partition coefficient (Wildman–Crippen LogP) is 1.90. The van der Waals surface area contributed by atoms with Gasteiger partial charge in [0.25, 0.3) is 11.8 Å². The van der Waals surface area contributed by atoms with Crippen LogP contribution in [0.2, 0.25) is 0 Å². The van der Waals surface area contributed by atoms with Crippen molar-refractivity contribution >= 4 is 22.8 Å². The van der Waals surface area contributed by atoms with E-state index in [-0.39, 0.29) is 6.54 Å². The lowest BCUT2D eigenvalue weighted by molar-refractivity contribution is 0.0539. The lowest BCUT2D eigenvalue weighted by atomic mass is 10.1. The number of methoxy groups -OCH3 is 1. The molecule has 4 rings (SSSR count). The van der Waals surface area contributed by atoms with Crippen LogP contribution in [0.1, 0.15) is 32.5 Å². The van der Waals surface area contributed by atoms with E-state index < -0.39 is 17.9 Å². The summed E-state index contributed by atoms with van der Waals surface area (Å²) in [4.78, 5) is 33.1. The summed E-state index contributed by atoms with van der Waals surface area (Å²) < 4.78 is 5.27. The van der Waals surface area contributed by atoms with Gasteiger partial charge < -0.3 is 14.8 Å². The number of β-amino-alcohol motifs (C(OH)–C–C–N with tert-alkyl or cyclic N) is 1. The van der Waals surface area contributed by atoms with Gasteiger partial charge in [-0.3, -0.25) is 14.5 Å². The van der Waals surface area contributed by atoms with Gasteiger partial charge in [0.2, 0.25) is 0 Å². The zero-order valence-electron chi connectivity index (χ0n) is 13.4. The Morgan fingerprint density at radius 2 is 1.88 bits per heavy atom. The number of imide groups is 1. The van der Waals surface area contributed by atoms with Crippen molar-refractivity contribution in [2.24, 2.45) is 0 Å². The lowest BCUT2D eigenvalue weighted by Gasteiger charge is -2.17. The number of pyridine rings is 1. The zero-order chi connectivity index (χ0) is 17.6. The van der Waals surface area contributed by atoms with Gasteiger partial charge in [-0.05, 0) is 24.3 Å². The second-order valence-electron chi connectivity index (χ2n) is 5.78. The third kappa shape index (κ3) is 2.36. The van der Waals surface area contributed by atoms with Crippen LogP contribution in [-0.4, -0.2) is 45.4 Å². The van der Waals surface area contributed by atoms with Crippen molar-refractivity contribution in [3.63, 3.8) is 0 Å². The first-order valence-electron chi connectivity index (χ1n) is 7.75. The van der Waals surface area contributed by atoms with Crippen molar-refractivity contribution in [3.8, 4) is 5.75 Å². The number of rotatable bonds is 4. The summed E-state index contributed by atoms with van der Waals surface area (Å²) in [5.74, 6) is -0.168. The average molecular weight is 337 g/mol. The Hall–Kier alpha value is -3.19. The second-order valence-corrected chi connectivity index (χ2v) is 5.78. The minimum atomic E-state index is -1.05. The molecule has 1 atom stereocenters. The number of ether oxygens (including phenoxy) is 1. The summed E-state index contributed by atoms with van der Waals surface area (Å²) in [6.07, 6.45) is 0.541. The van der Waals surface area contributed by atoms with Gasteiger partial charge in [-0.15, -0.1) is 0 Å². The van der Waals surface area contributed by atoms with Crippen LogP contribution in [0.3, 0.4) is 0 Å². The molecule has 3 heterocycles. The number of hydrogen-bond donors (Lipinski definition) is 2. The van der Waals surface area contributed by atoms with Crippen LogP contribution in [0.25, 0.3) is 11.0 Å². The largest absolute Gasteiger partial charge is 0.496 e. The molecular formula is C18H15N3O4. The molecule has 7 heteroatoms. The molecule has 1 aromatic carbocycles. The van der Waals surface area contributed by atoms with Crippen molar-refractivity contribution in [2.75, 3.05) is 13.7 Å². The van der Waals surface area contributed by atoms with Crippen molar-refractivity contribution in [1.29, 1.82) is 0 Å². The van der Waals surface area contributed by atoms with E-state index in [1.807, 2.05) is 0 Å². The number of nitrogens with one attached hydrogen (secondary N) is 1. The topological polar surface area (TPSA) is 95.5 Å². The summed E-state index contributed by atoms with van der Waals surface area (Å²) in [5.41, 5.74) is 1.75. The Morgan fingerprint density at radius 3 is 2.52 bits per heavy atom. The van der Waals surface area contributed by atoms with Gasteiger partial charge in [-0.25, -0.2) is 4.98 Å². The number of aromatic amines is 1. The number of aliphatic hydroxyl groups excluding tert-OH is 1. The maximum atomic E-state index is 12.4. The molecule has 0 saturated heterocycles. The number of nitrogens with zero attached hydrogens (tertiary/aromatic N) is 2. The molecule has 0 saturated carbocycles. The SMILES string of the molecule is COc1ccnc2[nH]c(C(O)CN3C(=O)c4ccccc4C3=O)cc12. The van der Waals surface area contributed by atoms with Gasteiger partial charge in [0.05, 0.1) is 30.2 Å². The van der Waals surface area contributed by atoms with Crippen LogP contribution in [0, 0.1) is 0 Å². The van der Waals surface area contributed by atoms with E-state index >= 15 is 0 Å². The summed E-state index contributed by atoms with van der Waals surface area (Å²) in [6, 6.07) is 10.1. The zero-order valence-corrected chi connectivity index (χ0v) is 13.4. The van der Waals surface area contributed by atoms with Crippen LogP contribution < -0.4 is 4.74 Å². The number of aromatic nitrogens is 2. The molecule has 2 aromatic heterocycles. The van der Waals surface area contributed by atoms with Gasteiger partial charge in [-0.2, -0.15) is 0 Å². The molecule has 25 heavy (non-hydrogen) atoms. The van der Waals surface area contributed by atoms with Crippen LogP contribution in [0.15, 0.2) is 42.6 Å². The Morgan fingerprint density at radius 1 is 1.20 bits per heavy atom. The first-order chi connectivity index (χ1) is 12.1. The monoisotopic (exact) mass is 337 g/mol. The highest BCUT2D eigenvalue weighted by Gasteiger charge is 2.36. The number of fused-ring (bicyclic) bond motifs is 2. The smallest absolute Gasteiger partial charge is 0.261 e. The maximum absolute atomic E-state index is 12.4. The Kier molecular flexibility index (Phi) is 3.51. The maximum Gasteiger partial charge on any atom is 0.261 e. The van der Waals surface area contributed by atoms with Crippen LogP contribution in [0.5, 0.6) is 5.75 Å². The third-order valence-corrected chi connectivity index (χ3v) is 4.33. The number of carbonyl (C=O) groups excluding carboxylic acids is 2. The Balaban J connectivity index is 1.62. The number of benzene rings is 1. The highest BCUT2D eigenvalue weighted by atomic mass is 16.5. The number of H-pyrrole nitrogens is 1. The highest BCUT2D eigenvalue weighted by molar-refractivity contribution is 6.21. The number of hydrogen-bond acceptors (Lipinski definition) is 5. The molecule has 1 aliphatic rings. The highest BCUT2D eigenvalue weighted by Crippen LogP contribution is 2.29. The predicted molar refractivity (Wildman–Crippen MR) is 89.4 cm³/mol. The molecule has 0 spiro atoms. The Labute approximate surface area is 142 Å². The van der Waals surface area contributed by atoms with Gasteiger partial charge in [0, 0.05) is 11.9 Å². The second kappa shape index (κ2) is 5.71. The summed E-state index contributed by atoms with van der Waals surface area (Å²) >= 11 is 0. The first kappa shape index (κ1) is 15.3. The summed E-state index contributed by atoms with van der Waals surface area (Å²) in [5, 5.41) is 11.2. The quantitative estimate of drug-likeness (QED) is 0.709. The normalized spacial score (nSPS) is 14.9. The molecule has 2 N–H and O–H groups in total. The van der Waals surface area contributed by atoms with E-state index in [1.165, 1.54) is 0 Å². The van der Waals surface area contributed by atoms with E-state index in [1.54, 1.807) is 49.7 Å². The number of amides is 2. The van der Waals surface area contributed by atoms with Crippen molar-refractivity contribution in [2.45, 2.75) is 6.10 Å². The van der Waals surface area contributed by atoms with Crippen molar-refractivity contribution < 1.29 is 19.4 Å². The van der Waals surface area contributed by atoms with Crippen molar-refractivity contribution in [3.05, 3.63) is 59.4 Å². The molecule has 0 bridgehead atoms. The minimum Gasteiger partial charge on any atom is -0.496 e. The average Bonchev–Trinajstić information content (AvgIpc) is 3.17. The molecule has 126 valence electrons. The molecule has 0 fully saturated rings. The molecule has 2 amide bonds. The summed E-state index contributed by atoms with van der Waals surface area (Å²) in [6.45, 7) is -0.137. The van der Waals surface area contributed by atoms with E-state index in [0.717, 1.165) is 10.3 Å².